The van der Waals surface area contributed by atoms with Crippen LogP contribution in [0.25, 0.3) is 0 Å². The molecule has 4 heterocycles. The highest BCUT2D eigenvalue weighted by atomic mass is 16.6. The van der Waals surface area contributed by atoms with Gasteiger partial charge in [0.1, 0.15) is 11.6 Å². The zero-order valence-corrected chi connectivity index (χ0v) is 21.5. The number of imide groups is 1. The van der Waals surface area contributed by atoms with Crippen LogP contribution < -0.4 is 15.1 Å². The van der Waals surface area contributed by atoms with Crippen molar-refractivity contribution in [1.82, 2.24) is 10.2 Å². The quantitative estimate of drug-likeness (QED) is 0.632. The van der Waals surface area contributed by atoms with Gasteiger partial charge >= 0.3 is 6.09 Å². The fourth-order valence-electron chi connectivity index (χ4n) is 6.03. The van der Waals surface area contributed by atoms with Crippen molar-refractivity contribution in [2.24, 2.45) is 5.41 Å². The van der Waals surface area contributed by atoms with E-state index in [1.165, 1.54) is 0 Å². The molecule has 3 saturated heterocycles. The molecule has 0 bridgehead atoms. The van der Waals surface area contributed by atoms with E-state index in [2.05, 4.69) is 16.3 Å². The van der Waals surface area contributed by atoms with Crippen molar-refractivity contribution in [3.8, 4) is 0 Å². The molecule has 4 aliphatic rings. The Labute approximate surface area is 212 Å². The Bertz CT molecular complexity index is 1080. The molecule has 1 aromatic carbocycles. The molecule has 3 fully saturated rings. The number of amides is 4. The lowest BCUT2D eigenvalue weighted by Crippen LogP contribution is -2.53. The molecule has 0 radical (unpaired) electrons. The van der Waals surface area contributed by atoms with Crippen LogP contribution in [0.4, 0.5) is 16.2 Å². The predicted octanol–water partition coefficient (Wildman–Crippen LogP) is 3.00. The van der Waals surface area contributed by atoms with E-state index >= 15 is 0 Å². The number of hydrogen-bond acceptors (Lipinski definition) is 6. The van der Waals surface area contributed by atoms with Crippen LogP contribution in [0.15, 0.2) is 18.2 Å². The monoisotopic (exact) mass is 496 g/mol. The summed E-state index contributed by atoms with van der Waals surface area (Å²) >= 11 is 0. The molecular formula is C27H36N4O5. The summed E-state index contributed by atoms with van der Waals surface area (Å²) in [5.74, 6) is -0.765. The SMILES string of the molecule is CC(C)(C)OC(=O)N1CCC2(CC1)CCN(c1ccc3c(c1)CC(=O)N3C1CCC(=O)NC1=O)CC2. The van der Waals surface area contributed by atoms with Crippen LogP contribution >= 0.6 is 0 Å². The molecule has 1 N–H and O–H groups in total. The van der Waals surface area contributed by atoms with Gasteiger partial charge in [-0.2, -0.15) is 0 Å². The molecule has 5 rings (SSSR count). The summed E-state index contributed by atoms with van der Waals surface area (Å²) < 4.78 is 5.54. The molecule has 0 aliphatic carbocycles. The summed E-state index contributed by atoms with van der Waals surface area (Å²) in [5.41, 5.74) is 2.61. The number of benzene rings is 1. The number of anilines is 2. The zero-order valence-electron chi connectivity index (χ0n) is 21.5. The minimum absolute atomic E-state index is 0.0917. The highest BCUT2D eigenvalue weighted by Crippen LogP contribution is 2.43. The van der Waals surface area contributed by atoms with Gasteiger partial charge in [-0.1, -0.05) is 0 Å². The van der Waals surface area contributed by atoms with Crippen molar-refractivity contribution in [2.75, 3.05) is 36.0 Å². The molecule has 1 spiro atoms. The molecule has 4 aliphatic heterocycles. The second kappa shape index (κ2) is 9.09. The fraction of sp³-hybridized carbons (Fsp3) is 0.630. The molecule has 1 unspecified atom stereocenters. The molecule has 36 heavy (non-hydrogen) atoms. The standard InChI is InChI=1S/C27H36N4O5/c1-26(2,3)36-25(35)30-14-10-27(11-15-30)8-12-29(13-9-27)19-4-5-20-18(16-19)17-23(33)31(20)21-6-7-22(32)28-24(21)34/h4-5,16,21H,6-15,17H2,1-3H3,(H,28,32,34). The van der Waals surface area contributed by atoms with Crippen molar-refractivity contribution in [3.63, 3.8) is 0 Å². The second-order valence-corrected chi connectivity index (χ2v) is 11.7. The fourth-order valence-corrected chi connectivity index (χ4v) is 6.03. The van der Waals surface area contributed by atoms with Crippen molar-refractivity contribution in [2.45, 2.75) is 77.4 Å². The van der Waals surface area contributed by atoms with Crippen LogP contribution in [0, 0.1) is 5.41 Å². The predicted molar refractivity (Wildman–Crippen MR) is 135 cm³/mol. The van der Waals surface area contributed by atoms with Gasteiger partial charge < -0.3 is 14.5 Å². The summed E-state index contributed by atoms with van der Waals surface area (Å²) in [4.78, 5) is 54.9. The number of carbonyl (C=O) groups is 4. The number of piperidine rings is 3. The van der Waals surface area contributed by atoms with E-state index < -0.39 is 17.6 Å². The summed E-state index contributed by atoms with van der Waals surface area (Å²) in [6.07, 6.45) is 4.82. The Morgan fingerprint density at radius 3 is 2.33 bits per heavy atom. The number of rotatable bonds is 2. The second-order valence-electron chi connectivity index (χ2n) is 11.7. The number of carbonyl (C=O) groups excluding carboxylic acids is 4. The molecule has 4 amide bonds. The first kappa shape index (κ1) is 24.6. The average molecular weight is 497 g/mol. The normalized spacial score (nSPS) is 24.1. The molecule has 9 heteroatoms. The van der Waals surface area contributed by atoms with Crippen LogP contribution in [-0.4, -0.2) is 66.5 Å². The molecular weight excluding hydrogens is 460 g/mol. The number of fused-ring (bicyclic) bond motifs is 1. The largest absolute Gasteiger partial charge is 0.444 e. The summed E-state index contributed by atoms with van der Waals surface area (Å²) in [7, 11) is 0. The van der Waals surface area contributed by atoms with E-state index in [-0.39, 0.29) is 36.2 Å². The van der Waals surface area contributed by atoms with Gasteiger partial charge in [-0.05, 0) is 82.1 Å². The van der Waals surface area contributed by atoms with Gasteiger partial charge in [-0.15, -0.1) is 0 Å². The van der Waals surface area contributed by atoms with Gasteiger partial charge in [-0.3, -0.25) is 24.6 Å². The molecule has 0 saturated carbocycles. The third kappa shape index (κ3) is 4.80. The van der Waals surface area contributed by atoms with Crippen LogP contribution in [0.1, 0.15) is 64.9 Å². The lowest BCUT2D eigenvalue weighted by atomic mass is 9.71. The van der Waals surface area contributed by atoms with Crippen LogP contribution in [0.3, 0.4) is 0 Å². The first-order chi connectivity index (χ1) is 17.0. The highest BCUT2D eigenvalue weighted by molar-refractivity contribution is 6.10. The maximum absolute atomic E-state index is 12.8. The Morgan fingerprint density at radius 2 is 1.69 bits per heavy atom. The number of hydrogen-bond donors (Lipinski definition) is 1. The summed E-state index contributed by atoms with van der Waals surface area (Å²) in [6, 6.07) is 5.45. The van der Waals surface area contributed by atoms with Crippen molar-refractivity contribution in [1.29, 1.82) is 0 Å². The van der Waals surface area contributed by atoms with E-state index in [4.69, 9.17) is 4.74 Å². The van der Waals surface area contributed by atoms with Gasteiger partial charge in [0.2, 0.25) is 17.7 Å². The highest BCUT2D eigenvalue weighted by Gasteiger charge is 2.41. The van der Waals surface area contributed by atoms with Crippen LogP contribution in [-0.2, 0) is 25.5 Å². The number of nitrogens with one attached hydrogen (secondary N) is 1. The Balaban J connectivity index is 1.20. The third-order valence-corrected chi connectivity index (χ3v) is 8.12. The van der Waals surface area contributed by atoms with Crippen LogP contribution in [0.2, 0.25) is 0 Å². The molecule has 0 aromatic heterocycles. The first-order valence-corrected chi connectivity index (χ1v) is 13.1. The van der Waals surface area contributed by atoms with Gasteiger partial charge in [0.25, 0.3) is 0 Å². The van der Waals surface area contributed by atoms with E-state index in [9.17, 15) is 19.2 Å². The number of likely N-dealkylation sites (tertiary alicyclic amines) is 1. The minimum Gasteiger partial charge on any atom is -0.444 e. The van der Waals surface area contributed by atoms with Gasteiger partial charge in [0.05, 0.1) is 6.42 Å². The van der Waals surface area contributed by atoms with E-state index in [0.29, 0.717) is 6.42 Å². The smallest absolute Gasteiger partial charge is 0.410 e. The lowest BCUT2D eigenvalue weighted by Gasteiger charge is -2.47. The van der Waals surface area contributed by atoms with Crippen LogP contribution in [0.5, 0.6) is 0 Å². The topological polar surface area (TPSA) is 99.3 Å². The number of nitrogens with zero attached hydrogens (tertiary/aromatic N) is 3. The Kier molecular flexibility index (Phi) is 6.21. The van der Waals surface area contributed by atoms with E-state index in [1.54, 1.807) is 4.90 Å². The number of ether oxygens (including phenoxy) is 1. The van der Waals surface area contributed by atoms with Gasteiger partial charge in [0.15, 0.2) is 0 Å². The Morgan fingerprint density at radius 1 is 1.03 bits per heavy atom. The van der Waals surface area contributed by atoms with Crippen molar-refractivity contribution >= 4 is 35.2 Å². The molecule has 1 aromatic rings. The maximum atomic E-state index is 12.8. The van der Waals surface area contributed by atoms with Gasteiger partial charge in [-0.25, -0.2) is 4.79 Å². The van der Waals surface area contributed by atoms with Crippen molar-refractivity contribution < 1.29 is 23.9 Å². The van der Waals surface area contributed by atoms with E-state index in [1.807, 2.05) is 37.8 Å². The third-order valence-electron chi connectivity index (χ3n) is 8.12. The summed E-state index contributed by atoms with van der Waals surface area (Å²) in [5, 5.41) is 2.36. The lowest BCUT2D eigenvalue weighted by molar-refractivity contribution is -0.135. The molecule has 194 valence electrons. The minimum atomic E-state index is -0.622. The summed E-state index contributed by atoms with van der Waals surface area (Å²) in [6.45, 7) is 9.05. The molecule has 1 atom stereocenters. The average Bonchev–Trinajstić information content (AvgIpc) is 3.14. The van der Waals surface area contributed by atoms with Gasteiger partial charge in [0, 0.05) is 44.0 Å². The Hall–Kier alpha value is -3.10. The van der Waals surface area contributed by atoms with Crippen molar-refractivity contribution in [3.05, 3.63) is 23.8 Å². The zero-order chi connectivity index (χ0) is 25.7. The molecule has 9 nitrogen and oxygen atoms in total. The maximum Gasteiger partial charge on any atom is 0.410 e. The van der Waals surface area contributed by atoms with E-state index in [0.717, 1.165) is 68.8 Å². The first-order valence-electron chi connectivity index (χ1n) is 13.1.